The molecule has 6 aliphatic carbocycles. The van der Waals surface area contributed by atoms with Gasteiger partial charge in [-0.05, 0) is 84.0 Å². The van der Waals surface area contributed by atoms with Gasteiger partial charge in [-0.3, -0.25) is 8.98 Å². The SMILES string of the molecule is C=C(C)C(=O)OC12CC3CC(CC(O)(C3)C1)C2.CCC(C)(C)C(=O)OCC(=O)OC1C2CC3C1OS(=O)(=O)C3C2. The molecule has 0 aromatic carbocycles. The van der Waals surface area contributed by atoms with E-state index < -0.39 is 62.7 Å². The molecule has 7 aliphatic rings. The van der Waals surface area contributed by atoms with Gasteiger partial charge in [0.15, 0.2) is 6.61 Å². The lowest BCUT2D eigenvalue weighted by Gasteiger charge is -2.59. The van der Waals surface area contributed by atoms with Crippen molar-refractivity contribution in [1.82, 2.24) is 0 Å². The van der Waals surface area contributed by atoms with Gasteiger partial charge in [-0.15, -0.1) is 0 Å². The third-order valence-electron chi connectivity index (χ3n) is 10.1. The largest absolute Gasteiger partial charge is 0.457 e. The van der Waals surface area contributed by atoms with Gasteiger partial charge in [0.25, 0.3) is 10.1 Å². The topological polar surface area (TPSA) is 142 Å². The number of ether oxygens (including phenoxy) is 3. The van der Waals surface area contributed by atoms with Crippen LogP contribution < -0.4 is 0 Å². The van der Waals surface area contributed by atoms with E-state index in [1.165, 1.54) is 6.42 Å². The zero-order valence-electron chi connectivity index (χ0n) is 23.8. The van der Waals surface area contributed by atoms with E-state index >= 15 is 0 Å². The Balaban J connectivity index is 0.000000168. The first-order chi connectivity index (χ1) is 18.6. The summed E-state index contributed by atoms with van der Waals surface area (Å²) in [4.78, 5) is 35.5. The van der Waals surface area contributed by atoms with Gasteiger partial charge in [0.05, 0.1) is 16.3 Å². The maximum absolute atomic E-state index is 11.9. The highest BCUT2D eigenvalue weighted by molar-refractivity contribution is 7.87. The molecule has 0 aromatic heterocycles. The van der Waals surface area contributed by atoms with Crippen LogP contribution in [0.1, 0.15) is 85.5 Å². The van der Waals surface area contributed by atoms with E-state index in [2.05, 4.69) is 6.58 Å². The molecule has 1 saturated heterocycles. The van der Waals surface area contributed by atoms with Crippen LogP contribution in [0.3, 0.4) is 0 Å². The van der Waals surface area contributed by atoms with Gasteiger partial charge in [-0.1, -0.05) is 13.5 Å². The minimum atomic E-state index is -3.53. The lowest BCUT2D eigenvalue weighted by molar-refractivity contribution is -0.217. The van der Waals surface area contributed by atoms with Gasteiger partial charge in [-0.2, -0.15) is 8.42 Å². The second-order valence-electron chi connectivity index (χ2n) is 13.8. The van der Waals surface area contributed by atoms with Crippen molar-refractivity contribution in [3.63, 3.8) is 0 Å². The first-order valence-electron chi connectivity index (χ1n) is 14.5. The van der Waals surface area contributed by atoms with Crippen LogP contribution in [0.2, 0.25) is 0 Å². The number of hydrogen-bond donors (Lipinski definition) is 1. The van der Waals surface area contributed by atoms with Crippen LogP contribution in [-0.4, -0.2) is 66.7 Å². The summed E-state index contributed by atoms with van der Waals surface area (Å²) < 4.78 is 44.8. The summed E-state index contributed by atoms with van der Waals surface area (Å²) in [5.74, 6) is -0.394. The predicted octanol–water partition coefficient (Wildman–Crippen LogP) is 3.20. The van der Waals surface area contributed by atoms with E-state index in [1.54, 1.807) is 20.8 Å². The molecule has 1 aliphatic heterocycles. The van der Waals surface area contributed by atoms with E-state index in [4.69, 9.17) is 18.4 Å². The van der Waals surface area contributed by atoms with Crippen LogP contribution >= 0.6 is 0 Å². The molecule has 7 rings (SSSR count). The number of esters is 3. The summed E-state index contributed by atoms with van der Waals surface area (Å²) in [6, 6.07) is 0. The molecule has 10 nitrogen and oxygen atoms in total. The molecule has 0 radical (unpaired) electrons. The van der Waals surface area contributed by atoms with Crippen molar-refractivity contribution in [3.8, 4) is 0 Å². The lowest BCUT2D eigenvalue weighted by atomic mass is 9.52. The molecule has 1 heterocycles. The van der Waals surface area contributed by atoms with Crippen LogP contribution in [0.4, 0.5) is 0 Å². The first-order valence-corrected chi connectivity index (χ1v) is 15.9. The number of hydrogen-bond acceptors (Lipinski definition) is 10. The van der Waals surface area contributed by atoms with Crippen LogP contribution in [0, 0.1) is 29.1 Å². The molecule has 224 valence electrons. The molecule has 40 heavy (non-hydrogen) atoms. The smallest absolute Gasteiger partial charge is 0.344 e. The summed E-state index contributed by atoms with van der Waals surface area (Å²) in [6.45, 7) is 10.2. The Morgan fingerprint density at radius 3 is 2.30 bits per heavy atom. The fourth-order valence-corrected chi connectivity index (χ4v) is 10.1. The maximum atomic E-state index is 11.9. The lowest BCUT2D eigenvalue weighted by Crippen LogP contribution is -2.60. The van der Waals surface area contributed by atoms with E-state index in [1.807, 2.05) is 6.92 Å². The van der Waals surface area contributed by atoms with Crippen LogP contribution in [0.5, 0.6) is 0 Å². The highest BCUT2D eigenvalue weighted by Crippen LogP contribution is 2.59. The maximum Gasteiger partial charge on any atom is 0.344 e. The second kappa shape index (κ2) is 10.1. The van der Waals surface area contributed by atoms with Crippen molar-refractivity contribution in [1.29, 1.82) is 0 Å². The Kier molecular flexibility index (Phi) is 7.44. The van der Waals surface area contributed by atoms with Gasteiger partial charge >= 0.3 is 17.9 Å². The molecule has 7 fully saturated rings. The molecular formula is C29H42O10S. The normalized spacial score (nSPS) is 41.2. The molecule has 1 N–H and O–H groups in total. The fourth-order valence-electron chi connectivity index (χ4n) is 8.23. The zero-order chi connectivity index (χ0) is 29.3. The van der Waals surface area contributed by atoms with Crippen molar-refractivity contribution in [2.45, 2.75) is 114 Å². The summed E-state index contributed by atoms with van der Waals surface area (Å²) in [6.07, 6.45) is 6.15. The van der Waals surface area contributed by atoms with E-state index in [0.29, 0.717) is 43.1 Å². The highest BCUT2D eigenvalue weighted by atomic mass is 32.2. The van der Waals surface area contributed by atoms with Crippen LogP contribution in [0.25, 0.3) is 0 Å². The quantitative estimate of drug-likeness (QED) is 0.206. The Bertz CT molecular complexity index is 1180. The summed E-state index contributed by atoms with van der Waals surface area (Å²) in [5, 5.41) is 10.1. The Morgan fingerprint density at radius 2 is 1.73 bits per heavy atom. The minimum absolute atomic E-state index is 0.0130. The predicted molar refractivity (Wildman–Crippen MR) is 142 cm³/mol. The molecule has 11 heteroatoms. The number of aliphatic hydroxyl groups is 1. The molecule has 0 amide bonds. The van der Waals surface area contributed by atoms with Gasteiger partial charge < -0.3 is 19.3 Å². The van der Waals surface area contributed by atoms with Crippen molar-refractivity contribution in [2.75, 3.05) is 6.61 Å². The third-order valence-corrected chi connectivity index (χ3v) is 11.8. The van der Waals surface area contributed by atoms with Crippen LogP contribution in [0.15, 0.2) is 12.2 Å². The highest BCUT2D eigenvalue weighted by Gasteiger charge is 2.65. The minimum Gasteiger partial charge on any atom is -0.457 e. The summed E-state index contributed by atoms with van der Waals surface area (Å²) in [5.41, 5.74) is -1.16. The number of carbonyl (C=O) groups is 3. The third kappa shape index (κ3) is 5.45. The fraction of sp³-hybridized carbons (Fsp3) is 0.828. The Morgan fingerprint density at radius 1 is 1.07 bits per heavy atom. The van der Waals surface area contributed by atoms with Gasteiger partial charge in [-0.25, -0.2) is 9.59 Å². The van der Waals surface area contributed by atoms with Crippen LogP contribution in [-0.2, 0) is 42.9 Å². The Labute approximate surface area is 236 Å². The standard InChI is InChI=1S/C15H22O7S.C14H20O3/c1-4-15(2,3)14(17)20-7-11(16)21-12-8-5-9-10(6-8)23(18,19)22-13(9)12;1-9(2)12(15)17-14-6-10-3-11(7-14)5-13(16,4-10)8-14/h8-10,12-13H,4-7H2,1-3H3;10-11,16H,1,3-8H2,2H3. The molecule has 6 bridgehead atoms. The number of fused-ring (bicyclic) bond motifs is 1. The monoisotopic (exact) mass is 582 g/mol. The number of rotatable bonds is 7. The van der Waals surface area contributed by atoms with Crippen molar-refractivity contribution in [2.24, 2.45) is 29.1 Å². The first kappa shape index (κ1) is 29.5. The second-order valence-corrected chi connectivity index (χ2v) is 15.6. The number of carbonyl (C=O) groups excluding carboxylic acids is 3. The van der Waals surface area contributed by atoms with E-state index in [0.717, 1.165) is 25.7 Å². The summed E-state index contributed by atoms with van der Waals surface area (Å²) in [7, 11) is -3.53. The van der Waals surface area contributed by atoms with Crippen molar-refractivity contribution >= 4 is 28.0 Å². The average molecular weight is 583 g/mol. The van der Waals surface area contributed by atoms with Crippen molar-refractivity contribution < 1.29 is 46.3 Å². The Hall–Kier alpha value is -1.98. The molecule has 7 atom stereocenters. The van der Waals surface area contributed by atoms with E-state index in [9.17, 15) is 27.9 Å². The molecule has 6 saturated carbocycles. The van der Waals surface area contributed by atoms with Crippen molar-refractivity contribution in [3.05, 3.63) is 12.2 Å². The summed E-state index contributed by atoms with van der Waals surface area (Å²) >= 11 is 0. The average Bonchev–Trinajstić information content (AvgIpc) is 3.45. The molecular weight excluding hydrogens is 540 g/mol. The van der Waals surface area contributed by atoms with Gasteiger partial charge in [0.1, 0.15) is 17.8 Å². The van der Waals surface area contributed by atoms with Gasteiger partial charge in [0.2, 0.25) is 0 Å². The van der Waals surface area contributed by atoms with E-state index in [-0.39, 0.29) is 17.8 Å². The zero-order valence-corrected chi connectivity index (χ0v) is 24.7. The molecule has 7 unspecified atom stereocenters. The molecule has 0 spiro atoms. The molecule has 0 aromatic rings. The van der Waals surface area contributed by atoms with Gasteiger partial charge in [0, 0.05) is 23.8 Å².